The van der Waals surface area contributed by atoms with Gasteiger partial charge in [-0.3, -0.25) is 9.59 Å². The van der Waals surface area contributed by atoms with E-state index in [2.05, 4.69) is 0 Å². The van der Waals surface area contributed by atoms with Gasteiger partial charge in [-0.2, -0.15) is 0 Å². The van der Waals surface area contributed by atoms with Crippen LogP contribution in [0.5, 0.6) is 0 Å². The molecule has 74 valence electrons. The van der Waals surface area contributed by atoms with E-state index in [0.29, 0.717) is 0 Å². The second kappa shape index (κ2) is 4.49. The zero-order valence-electron chi connectivity index (χ0n) is 6.48. The van der Waals surface area contributed by atoms with Crippen molar-refractivity contribution in [3.63, 3.8) is 0 Å². The molecule has 0 unspecified atom stereocenters. The molecule has 0 spiro atoms. The maximum atomic E-state index is 10.8. The van der Waals surface area contributed by atoms with Crippen LogP contribution in [0.2, 0.25) is 10.0 Å². The van der Waals surface area contributed by atoms with Gasteiger partial charge in [0.25, 0.3) is 10.5 Å². The first-order chi connectivity index (χ1) is 6.43. The molecule has 1 aromatic carbocycles. The second-order valence-electron chi connectivity index (χ2n) is 2.36. The maximum Gasteiger partial charge on any atom is 0.253 e. The van der Waals surface area contributed by atoms with Gasteiger partial charge in [0.15, 0.2) is 0 Å². The van der Waals surface area contributed by atoms with Crippen LogP contribution in [0.1, 0.15) is 20.7 Å². The van der Waals surface area contributed by atoms with E-state index >= 15 is 0 Å². The van der Waals surface area contributed by atoms with Crippen molar-refractivity contribution < 1.29 is 9.59 Å². The predicted octanol–water partition coefficient (Wildman–Crippen LogP) is 3.75. The Labute approximate surface area is 99.7 Å². The summed E-state index contributed by atoms with van der Waals surface area (Å²) in [5, 5.41) is -1.38. The van der Waals surface area contributed by atoms with E-state index < -0.39 is 10.5 Å². The summed E-state index contributed by atoms with van der Waals surface area (Å²) in [5.74, 6) is 0. The van der Waals surface area contributed by atoms with Crippen molar-refractivity contribution >= 4 is 56.9 Å². The average Bonchev–Trinajstić information content (AvgIpc) is 2.02. The average molecular weight is 272 g/mol. The molecule has 0 amide bonds. The van der Waals surface area contributed by atoms with Crippen molar-refractivity contribution in [2.45, 2.75) is 0 Å². The Kier molecular flexibility index (Phi) is 3.78. The van der Waals surface area contributed by atoms with Crippen LogP contribution in [-0.2, 0) is 0 Å². The summed E-state index contributed by atoms with van der Waals surface area (Å²) in [4.78, 5) is 21.7. The molecule has 0 saturated carbocycles. The first-order valence-corrected chi connectivity index (χ1v) is 4.83. The van der Waals surface area contributed by atoms with Gasteiger partial charge < -0.3 is 0 Å². The molecular formula is C8H2Cl4O2. The SMILES string of the molecule is O=C(Cl)c1cc(C(=O)Cl)c(Cl)cc1Cl. The molecule has 0 aliphatic carbocycles. The summed E-state index contributed by atoms with van der Waals surface area (Å²) < 4.78 is 0. The van der Waals surface area contributed by atoms with E-state index in [-0.39, 0.29) is 21.2 Å². The lowest BCUT2D eigenvalue weighted by Crippen LogP contribution is -1.97. The highest BCUT2D eigenvalue weighted by Gasteiger charge is 2.15. The van der Waals surface area contributed by atoms with Gasteiger partial charge in [0, 0.05) is 0 Å². The van der Waals surface area contributed by atoms with Crippen LogP contribution in [0.3, 0.4) is 0 Å². The Morgan fingerprint density at radius 2 is 1.21 bits per heavy atom. The molecule has 0 N–H and O–H groups in total. The molecule has 1 aromatic rings. The van der Waals surface area contributed by atoms with Gasteiger partial charge in [0.05, 0.1) is 21.2 Å². The maximum absolute atomic E-state index is 10.8. The monoisotopic (exact) mass is 270 g/mol. The fraction of sp³-hybridized carbons (Fsp3) is 0. The molecule has 0 saturated heterocycles. The first-order valence-electron chi connectivity index (χ1n) is 3.32. The second-order valence-corrected chi connectivity index (χ2v) is 3.86. The molecule has 14 heavy (non-hydrogen) atoms. The molecule has 1 rings (SSSR count). The normalized spacial score (nSPS) is 10.0. The van der Waals surface area contributed by atoms with Crippen LogP contribution in [-0.4, -0.2) is 10.5 Å². The van der Waals surface area contributed by atoms with E-state index in [4.69, 9.17) is 46.4 Å². The molecule has 0 heterocycles. The molecule has 6 heteroatoms. The number of carbonyl (C=O) groups is 2. The highest BCUT2D eigenvalue weighted by Crippen LogP contribution is 2.27. The zero-order valence-corrected chi connectivity index (χ0v) is 9.51. The molecule has 0 aliphatic heterocycles. The summed E-state index contributed by atoms with van der Waals surface area (Å²) >= 11 is 21.7. The number of halogens is 4. The van der Waals surface area contributed by atoms with E-state index in [1.54, 1.807) is 0 Å². The Morgan fingerprint density at radius 1 is 0.857 bits per heavy atom. The molecule has 0 aromatic heterocycles. The fourth-order valence-electron chi connectivity index (χ4n) is 0.850. The lowest BCUT2D eigenvalue weighted by Gasteiger charge is -2.03. The van der Waals surface area contributed by atoms with Crippen LogP contribution in [0.15, 0.2) is 12.1 Å². The van der Waals surface area contributed by atoms with E-state index in [1.165, 1.54) is 6.07 Å². The third kappa shape index (κ3) is 2.39. The van der Waals surface area contributed by atoms with Crippen LogP contribution in [0, 0.1) is 0 Å². The smallest absolute Gasteiger partial charge is 0.253 e. The predicted molar refractivity (Wildman–Crippen MR) is 56.8 cm³/mol. The van der Waals surface area contributed by atoms with Gasteiger partial charge in [0.1, 0.15) is 0 Å². The topological polar surface area (TPSA) is 34.1 Å². The fourth-order valence-corrected chi connectivity index (χ4v) is 1.81. The zero-order chi connectivity index (χ0) is 10.9. The largest absolute Gasteiger partial charge is 0.276 e. The Hall–Kier alpha value is -0.280. The van der Waals surface area contributed by atoms with Crippen molar-refractivity contribution in [2.24, 2.45) is 0 Å². The highest BCUT2D eigenvalue weighted by atomic mass is 35.5. The van der Waals surface area contributed by atoms with Gasteiger partial charge in [-0.15, -0.1) is 0 Å². The van der Waals surface area contributed by atoms with Gasteiger partial charge >= 0.3 is 0 Å². The summed E-state index contributed by atoms with van der Waals surface area (Å²) in [6.45, 7) is 0. The number of rotatable bonds is 2. The van der Waals surface area contributed by atoms with E-state index in [1.807, 2.05) is 0 Å². The first kappa shape index (κ1) is 11.8. The van der Waals surface area contributed by atoms with E-state index in [9.17, 15) is 9.59 Å². The summed E-state index contributed by atoms with van der Waals surface area (Å²) in [6.07, 6.45) is 0. The van der Waals surface area contributed by atoms with Crippen LogP contribution >= 0.6 is 46.4 Å². The van der Waals surface area contributed by atoms with Gasteiger partial charge in [0.2, 0.25) is 0 Å². The molecule has 0 atom stereocenters. The highest BCUT2D eigenvalue weighted by molar-refractivity contribution is 6.70. The van der Waals surface area contributed by atoms with Gasteiger partial charge in [-0.25, -0.2) is 0 Å². The van der Waals surface area contributed by atoms with Crippen molar-refractivity contribution in [2.75, 3.05) is 0 Å². The number of hydrogen-bond donors (Lipinski definition) is 0. The standard InChI is InChI=1S/C8H2Cl4O2/c9-5-2-6(10)4(8(12)14)1-3(5)7(11)13/h1-2H. The Balaban J connectivity index is 3.42. The number of carbonyl (C=O) groups excluding carboxylic acids is 2. The minimum Gasteiger partial charge on any atom is -0.276 e. The van der Waals surface area contributed by atoms with Crippen molar-refractivity contribution in [3.05, 3.63) is 33.3 Å². The third-order valence-corrected chi connectivity index (χ3v) is 2.51. The minimum absolute atomic E-state index is 0.00160. The number of hydrogen-bond acceptors (Lipinski definition) is 2. The van der Waals surface area contributed by atoms with Crippen molar-refractivity contribution in [3.8, 4) is 0 Å². The molecule has 0 aliphatic rings. The summed E-state index contributed by atoms with van der Waals surface area (Å²) in [7, 11) is 0. The summed E-state index contributed by atoms with van der Waals surface area (Å²) in [6, 6.07) is 2.41. The van der Waals surface area contributed by atoms with Crippen LogP contribution < -0.4 is 0 Å². The van der Waals surface area contributed by atoms with Gasteiger partial charge in [-0.05, 0) is 35.3 Å². The molecule has 0 radical (unpaired) electrons. The lowest BCUT2D eigenvalue weighted by molar-refractivity contribution is 0.108. The van der Waals surface area contributed by atoms with Gasteiger partial charge in [-0.1, -0.05) is 23.2 Å². The minimum atomic E-state index is -0.772. The summed E-state index contributed by atoms with van der Waals surface area (Å²) in [5.41, 5.74) is 0.00321. The van der Waals surface area contributed by atoms with E-state index in [0.717, 1.165) is 6.07 Å². The van der Waals surface area contributed by atoms with Crippen LogP contribution in [0.4, 0.5) is 0 Å². The molecule has 0 fully saturated rings. The third-order valence-electron chi connectivity index (χ3n) is 1.48. The Bertz CT molecular complexity index is 379. The van der Waals surface area contributed by atoms with Crippen molar-refractivity contribution in [1.82, 2.24) is 0 Å². The molecule has 2 nitrogen and oxygen atoms in total. The quantitative estimate of drug-likeness (QED) is 0.768. The number of benzene rings is 1. The molecule has 0 bridgehead atoms. The molecular weight excluding hydrogens is 270 g/mol. The van der Waals surface area contributed by atoms with Crippen LogP contribution in [0.25, 0.3) is 0 Å². The Morgan fingerprint density at radius 3 is 1.50 bits per heavy atom. The van der Waals surface area contributed by atoms with Crippen molar-refractivity contribution in [1.29, 1.82) is 0 Å². The lowest BCUT2D eigenvalue weighted by atomic mass is 10.1.